The standard InChI is InChI=1S/C19H20N8O6S4/c20-19-22-16-12(2-1-3-13(16)34-19)11-4-5-14(17(36(21,30)31)15(11)18-23-25-26-24-18)37(32,33)27-7-10-6-9(27)8-35(10,28)29/h1-5,9-10,28-29H,6-8H2,(H2,20,22)(H2,21,30,31)(H,23,24,25,26). The van der Waals surface area contributed by atoms with Crippen LogP contribution in [0.1, 0.15) is 6.42 Å². The minimum absolute atomic E-state index is 0.105. The largest absolute Gasteiger partial charge is 0.375 e. The third kappa shape index (κ3) is 3.83. The van der Waals surface area contributed by atoms with Crippen LogP contribution in [0.5, 0.6) is 0 Å². The van der Waals surface area contributed by atoms with Crippen LogP contribution in [0.2, 0.25) is 0 Å². The number of H-pyrrole nitrogens is 1. The van der Waals surface area contributed by atoms with Gasteiger partial charge in [-0.1, -0.05) is 29.5 Å². The van der Waals surface area contributed by atoms with E-state index in [0.29, 0.717) is 16.2 Å². The number of hydrogen-bond donors (Lipinski definition) is 5. The number of primary sulfonamides is 1. The number of nitrogen functional groups attached to an aromatic ring is 1. The van der Waals surface area contributed by atoms with Gasteiger partial charge < -0.3 is 5.73 Å². The van der Waals surface area contributed by atoms with Crippen LogP contribution >= 0.6 is 21.9 Å². The van der Waals surface area contributed by atoms with Crippen LogP contribution in [0.3, 0.4) is 0 Å². The Hall–Kier alpha value is -2.71. The third-order valence-corrected chi connectivity index (χ3v) is 12.8. The van der Waals surface area contributed by atoms with Crippen LogP contribution in [-0.2, 0) is 20.0 Å². The Morgan fingerprint density at radius 2 is 1.92 bits per heavy atom. The summed E-state index contributed by atoms with van der Waals surface area (Å²) >= 11 is 1.24. The highest BCUT2D eigenvalue weighted by molar-refractivity contribution is 8.25. The van der Waals surface area contributed by atoms with Crippen LogP contribution in [0.25, 0.3) is 32.7 Å². The predicted molar refractivity (Wildman–Crippen MR) is 138 cm³/mol. The van der Waals surface area contributed by atoms with Crippen molar-refractivity contribution in [3.63, 3.8) is 0 Å². The van der Waals surface area contributed by atoms with Gasteiger partial charge in [-0.3, -0.25) is 9.11 Å². The predicted octanol–water partition coefficient (Wildman–Crippen LogP) is 1.27. The molecule has 6 rings (SSSR count). The first-order chi connectivity index (χ1) is 17.4. The van der Waals surface area contributed by atoms with Gasteiger partial charge in [0, 0.05) is 18.2 Å². The number of aromatic amines is 1. The maximum Gasteiger partial charge on any atom is 0.244 e. The van der Waals surface area contributed by atoms with Gasteiger partial charge in [0.15, 0.2) is 11.0 Å². The highest BCUT2D eigenvalue weighted by Crippen LogP contribution is 2.58. The van der Waals surface area contributed by atoms with Crippen LogP contribution in [0, 0.1) is 0 Å². The molecule has 2 aromatic heterocycles. The van der Waals surface area contributed by atoms with E-state index in [-0.39, 0.29) is 35.7 Å². The lowest BCUT2D eigenvalue weighted by Gasteiger charge is -2.40. The van der Waals surface area contributed by atoms with E-state index in [4.69, 9.17) is 10.9 Å². The highest BCUT2D eigenvalue weighted by atomic mass is 32.3. The number of benzene rings is 2. The average molecular weight is 585 g/mol. The Balaban J connectivity index is 1.63. The summed E-state index contributed by atoms with van der Waals surface area (Å²) in [6.45, 7) is -0.141. The highest BCUT2D eigenvalue weighted by Gasteiger charge is 2.53. The number of tetrazole rings is 1. The fourth-order valence-electron chi connectivity index (χ4n) is 5.07. The van der Waals surface area contributed by atoms with Crippen molar-refractivity contribution in [3.8, 4) is 22.5 Å². The number of nitrogens with one attached hydrogen (secondary N) is 1. The van der Waals surface area contributed by atoms with Crippen molar-refractivity contribution in [2.24, 2.45) is 5.14 Å². The van der Waals surface area contributed by atoms with Crippen molar-refractivity contribution in [3.05, 3.63) is 30.3 Å². The number of nitrogens with zero attached hydrogens (tertiary/aromatic N) is 5. The zero-order valence-electron chi connectivity index (χ0n) is 18.7. The molecule has 2 bridgehead atoms. The summed E-state index contributed by atoms with van der Waals surface area (Å²) < 4.78 is 76.1. The summed E-state index contributed by atoms with van der Waals surface area (Å²) in [5.41, 5.74) is 6.99. The molecule has 196 valence electrons. The summed E-state index contributed by atoms with van der Waals surface area (Å²) in [6, 6.07) is 7.18. The number of anilines is 1. The first-order valence-electron chi connectivity index (χ1n) is 10.7. The minimum atomic E-state index is -4.67. The van der Waals surface area contributed by atoms with Crippen molar-refractivity contribution in [2.75, 3.05) is 18.0 Å². The Morgan fingerprint density at radius 1 is 1.14 bits per heavy atom. The van der Waals surface area contributed by atoms with Gasteiger partial charge in [-0.2, -0.15) is 14.9 Å². The molecule has 14 nitrogen and oxygen atoms in total. The van der Waals surface area contributed by atoms with Gasteiger partial charge in [0.25, 0.3) is 0 Å². The van der Waals surface area contributed by atoms with Crippen molar-refractivity contribution in [2.45, 2.75) is 27.5 Å². The number of nitrogens with two attached hydrogens (primary N) is 2. The normalized spacial score (nSPS) is 22.6. The lowest BCUT2D eigenvalue weighted by atomic mass is 9.98. The number of para-hydroxylation sites is 1. The Morgan fingerprint density at radius 3 is 2.54 bits per heavy atom. The van der Waals surface area contributed by atoms with Gasteiger partial charge in [-0.25, -0.2) is 32.1 Å². The zero-order valence-corrected chi connectivity index (χ0v) is 22.0. The van der Waals surface area contributed by atoms with Crippen LogP contribution in [0.15, 0.2) is 40.1 Å². The quantitative estimate of drug-likeness (QED) is 0.224. The molecule has 0 radical (unpaired) electrons. The van der Waals surface area contributed by atoms with E-state index in [0.717, 1.165) is 9.01 Å². The second-order valence-corrected chi connectivity index (χ2v) is 15.6. The molecule has 2 atom stereocenters. The topological polar surface area (TPSA) is 231 Å². The van der Waals surface area contributed by atoms with Gasteiger partial charge >= 0.3 is 0 Å². The van der Waals surface area contributed by atoms with E-state index in [1.54, 1.807) is 18.2 Å². The van der Waals surface area contributed by atoms with E-state index in [1.807, 2.05) is 0 Å². The zero-order chi connectivity index (χ0) is 26.3. The Bertz CT molecular complexity index is 1770. The lowest BCUT2D eigenvalue weighted by molar-refractivity contribution is 0.385. The van der Waals surface area contributed by atoms with Gasteiger partial charge in [-0.15, -0.1) is 5.10 Å². The summed E-state index contributed by atoms with van der Waals surface area (Å²) in [6.07, 6.45) is 0.274. The van der Waals surface area contributed by atoms with Crippen molar-refractivity contribution < 1.29 is 25.9 Å². The maximum absolute atomic E-state index is 13.9. The van der Waals surface area contributed by atoms with Crippen molar-refractivity contribution in [1.29, 1.82) is 0 Å². The molecule has 2 fully saturated rings. The van der Waals surface area contributed by atoms with E-state index < -0.39 is 51.7 Å². The summed E-state index contributed by atoms with van der Waals surface area (Å²) in [7, 11) is -12.0. The number of fused-ring (bicyclic) bond motifs is 3. The molecule has 18 heteroatoms. The fourth-order valence-corrected chi connectivity index (χ4v) is 11.4. The van der Waals surface area contributed by atoms with Gasteiger partial charge in [0.1, 0.15) is 9.79 Å². The molecular formula is C19H20N8O6S4. The third-order valence-electron chi connectivity index (χ3n) is 6.60. The molecular weight excluding hydrogens is 565 g/mol. The van der Waals surface area contributed by atoms with Crippen molar-refractivity contribution >= 4 is 57.3 Å². The number of sulfonamides is 2. The maximum atomic E-state index is 13.9. The van der Waals surface area contributed by atoms with Crippen LogP contribution < -0.4 is 10.9 Å². The van der Waals surface area contributed by atoms with E-state index in [9.17, 15) is 25.9 Å². The second-order valence-electron chi connectivity index (χ2n) is 8.78. The number of rotatable bonds is 5. The van der Waals surface area contributed by atoms with Crippen LogP contribution in [0.4, 0.5) is 5.13 Å². The molecule has 0 aliphatic carbocycles. The SMILES string of the molecule is Nc1nc2c(-c3ccc(S(=O)(=O)N4CC5CC4CS5(O)O)c(S(N)(=O)=O)c3-c3nnn[nH]3)cccc2s1. The molecule has 4 aromatic rings. The monoisotopic (exact) mass is 584 g/mol. The second kappa shape index (κ2) is 8.14. The van der Waals surface area contributed by atoms with Gasteiger partial charge in [0.05, 0.1) is 26.8 Å². The van der Waals surface area contributed by atoms with E-state index >= 15 is 0 Å². The number of thiazole rings is 1. The van der Waals surface area contributed by atoms with Gasteiger partial charge in [0.2, 0.25) is 20.0 Å². The van der Waals surface area contributed by atoms with E-state index in [1.165, 1.54) is 23.5 Å². The molecule has 2 aliphatic rings. The smallest absolute Gasteiger partial charge is 0.244 e. The van der Waals surface area contributed by atoms with E-state index in [2.05, 4.69) is 25.6 Å². The summed E-state index contributed by atoms with van der Waals surface area (Å²) in [4.78, 5) is 3.12. The molecule has 2 aromatic carbocycles. The Labute approximate surface area is 216 Å². The molecule has 37 heavy (non-hydrogen) atoms. The van der Waals surface area contributed by atoms with Crippen LogP contribution in [-0.4, -0.2) is 79.4 Å². The molecule has 0 amide bonds. The van der Waals surface area contributed by atoms with Gasteiger partial charge in [-0.05, 0) is 34.5 Å². The molecule has 0 saturated carbocycles. The average Bonchev–Trinajstić information content (AvgIpc) is 3.59. The minimum Gasteiger partial charge on any atom is -0.375 e. The first-order valence-corrected chi connectivity index (χ1v) is 16.3. The summed E-state index contributed by atoms with van der Waals surface area (Å²) in [5, 5.41) is 18.8. The number of hydrogen-bond acceptors (Lipinski definition) is 12. The van der Waals surface area contributed by atoms with Crippen molar-refractivity contribution in [1.82, 2.24) is 29.9 Å². The molecule has 2 aliphatic heterocycles. The fraction of sp³-hybridized carbons (Fsp3) is 0.263. The molecule has 7 N–H and O–H groups in total. The molecule has 2 saturated heterocycles. The summed E-state index contributed by atoms with van der Waals surface area (Å²) in [5.74, 6) is -0.223. The molecule has 4 heterocycles. The molecule has 0 spiro atoms. The Kier molecular flexibility index (Phi) is 5.42. The molecule has 2 unspecified atom stereocenters. The lowest BCUT2D eigenvalue weighted by Crippen LogP contribution is -2.43. The number of aromatic nitrogens is 5. The first kappa shape index (κ1) is 24.6.